The fourth-order valence-electron chi connectivity index (χ4n) is 4.65. The van der Waals surface area contributed by atoms with E-state index in [2.05, 4.69) is 10.0 Å². The van der Waals surface area contributed by atoms with Gasteiger partial charge in [-0.25, -0.2) is 13.2 Å². The van der Waals surface area contributed by atoms with Crippen molar-refractivity contribution in [1.29, 1.82) is 0 Å². The molecule has 1 heterocycles. The highest BCUT2D eigenvalue weighted by molar-refractivity contribution is 7.92. The van der Waals surface area contributed by atoms with Gasteiger partial charge in [-0.15, -0.1) is 0 Å². The summed E-state index contributed by atoms with van der Waals surface area (Å²) < 4.78 is 73.3. The zero-order valence-electron chi connectivity index (χ0n) is 24.5. The Morgan fingerprint density at radius 2 is 1.73 bits per heavy atom. The lowest BCUT2D eigenvalue weighted by Crippen LogP contribution is -2.50. The van der Waals surface area contributed by atoms with E-state index in [1.165, 1.54) is 59.3 Å². The third-order valence-corrected chi connectivity index (χ3v) is 8.95. The molecule has 3 atom stereocenters. The highest BCUT2D eigenvalue weighted by atomic mass is 35.5. The Hall–Kier alpha value is -4.01. The maximum atomic E-state index is 13.7. The molecule has 3 aromatic carbocycles. The van der Waals surface area contributed by atoms with Crippen LogP contribution in [0.5, 0.6) is 5.75 Å². The first kappa shape index (κ1) is 33.9. The van der Waals surface area contributed by atoms with Gasteiger partial charge in [-0.05, 0) is 73.7 Å². The fourth-order valence-corrected chi connectivity index (χ4v) is 5.82. The van der Waals surface area contributed by atoms with Gasteiger partial charge in [0.05, 0.1) is 35.2 Å². The fraction of sp³-hybridized carbons (Fsp3) is 0.333. The van der Waals surface area contributed by atoms with E-state index in [0.29, 0.717) is 5.02 Å². The van der Waals surface area contributed by atoms with E-state index < -0.39 is 45.8 Å². The number of sulfonamides is 1. The molecule has 242 valence electrons. The van der Waals surface area contributed by atoms with Gasteiger partial charge in [0.15, 0.2) is 0 Å². The molecule has 1 aliphatic rings. The van der Waals surface area contributed by atoms with Crippen LogP contribution in [0.4, 0.5) is 29.3 Å². The van der Waals surface area contributed by atoms with Crippen LogP contribution in [-0.4, -0.2) is 74.2 Å². The molecule has 0 aliphatic carbocycles. The highest BCUT2D eigenvalue weighted by Crippen LogP contribution is 2.32. The summed E-state index contributed by atoms with van der Waals surface area (Å²) in [5.41, 5.74) is -0.545. The summed E-state index contributed by atoms with van der Waals surface area (Å²) in [5.74, 6) is -0.698. The molecule has 45 heavy (non-hydrogen) atoms. The van der Waals surface area contributed by atoms with Gasteiger partial charge in [0.1, 0.15) is 11.9 Å². The number of halogens is 4. The monoisotopic (exact) mass is 668 g/mol. The van der Waals surface area contributed by atoms with Crippen molar-refractivity contribution in [3.8, 4) is 5.75 Å². The minimum absolute atomic E-state index is 0.0214. The Balaban J connectivity index is 1.57. The molecule has 0 spiro atoms. The minimum atomic E-state index is -4.51. The lowest BCUT2D eigenvalue weighted by molar-refractivity contribution is -0.137. The Morgan fingerprint density at radius 3 is 2.33 bits per heavy atom. The smallest absolute Gasteiger partial charge is 0.416 e. The molecule has 15 heteroatoms. The number of aliphatic hydroxyl groups is 1. The summed E-state index contributed by atoms with van der Waals surface area (Å²) >= 11 is 5.87. The van der Waals surface area contributed by atoms with E-state index in [1.807, 2.05) is 6.92 Å². The number of ether oxygens (including phenoxy) is 1. The largest absolute Gasteiger partial charge is 0.487 e. The van der Waals surface area contributed by atoms with Crippen molar-refractivity contribution in [2.75, 3.05) is 36.8 Å². The lowest BCUT2D eigenvalue weighted by Gasteiger charge is -2.38. The van der Waals surface area contributed by atoms with Crippen LogP contribution in [0.1, 0.15) is 29.8 Å². The summed E-state index contributed by atoms with van der Waals surface area (Å²) in [7, 11) is -2.54. The first-order chi connectivity index (χ1) is 21.1. The van der Waals surface area contributed by atoms with Gasteiger partial charge in [-0.3, -0.25) is 9.52 Å². The molecule has 0 saturated carbocycles. The van der Waals surface area contributed by atoms with Gasteiger partial charge in [-0.2, -0.15) is 13.2 Å². The molecule has 3 N–H and O–H groups in total. The molecule has 3 amide bonds. The number of rotatable bonds is 8. The van der Waals surface area contributed by atoms with Crippen molar-refractivity contribution in [3.63, 3.8) is 0 Å². The highest BCUT2D eigenvalue weighted by Gasteiger charge is 2.35. The number of aliphatic hydroxyl groups excluding tert-OH is 1. The lowest BCUT2D eigenvalue weighted by atomic mass is 9.99. The Morgan fingerprint density at radius 1 is 1.11 bits per heavy atom. The van der Waals surface area contributed by atoms with Crippen LogP contribution in [0, 0.1) is 5.92 Å². The van der Waals surface area contributed by atoms with E-state index >= 15 is 0 Å². The number of benzene rings is 3. The number of alkyl halides is 3. The number of anilines is 2. The van der Waals surface area contributed by atoms with Crippen molar-refractivity contribution < 1.29 is 41.0 Å². The van der Waals surface area contributed by atoms with E-state index in [4.69, 9.17) is 16.3 Å². The molecule has 4 rings (SSSR count). The van der Waals surface area contributed by atoms with Gasteiger partial charge in [0.2, 0.25) is 0 Å². The number of nitrogens with zero attached hydrogens (tertiary/aromatic N) is 2. The standard InChI is InChI=1S/C30H32ClF3N4O6S/c1-18-15-38(19(2)17-39)28(40)25-14-23(36-45(42,43)24-11-6-21(31)7-12-24)10-13-26(25)44-27(18)16-37(3)29(41)35-22-8-4-20(5-9-22)30(32,33)34/h4-14,18-19,27,36,39H,15-17H2,1-3H3,(H,35,41)/t18-,19-,27-/m1/s1. The molecule has 0 aromatic heterocycles. The van der Waals surface area contributed by atoms with Crippen LogP contribution in [0.15, 0.2) is 71.6 Å². The number of nitrogens with one attached hydrogen (secondary N) is 2. The Bertz CT molecular complexity index is 1640. The van der Waals surface area contributed by atoms with Gasteiger partial charge in [-0.1, -0.05) is 18.5 Å². The molecule has 1 aliphatic heterocycles. The molecule has 0 unspecified atom stereocenters. The number of carbonyl (C=O) groups is 2. The third-order valence-electron chi connectivity index (χ3n) is 7.30. The number of carbonyl (C=O) groups excluding carboxylic acids is 2. The Labute approximate surface area is 263 Å². The van der Waals surface area contributed by atoms with E-state index in [1.54, 1.807) is 6.92 Å². The topological polar surface area (TPSA) is 128 Å². The quantitative estimate of drug-likeness (QED) is 0.289. The number of hydrogen-bond donors (Lipinski definition) is 3. The molecule has 3 aromatic rings. The number of fused-ring (bicyclic) bond motifs is 1. The number of urea groups is 1. The maximum absolute atomic E-state index is 13.7. The van der Waals surface area contributed by atoms with Crippen LogP contribution in [0.2, 0.25) is 5.02 Å². The molecule has 10 nitrogen and oxygen atoms in total. The predicted octanol–water partition coefficient (Wildman–Crippen LogP) is 5.54. The second-order valence-electron chi connectivity index (χ2n) is 10.8. The molecular formula is C30H32ClF3N4O6S. The van der Waals surface area contributed by atoms with Crippen molar-refractivity contribution in [1.82, 2.24) is 9.80 Å². The summed E-state index contributed by atoms with van der Waals surface area (Å²) in [4.78, 5) is 29.3. The molecule has 0 saturated heterocycles. The molecule has 0 bridgehead atoms. The van der Waals surface area contributed by atoms with Gasteiger partial charge in [0.25, 0.3) is 15.9 Å². The van der Waals surface area contributed by atoms with Crippen LogP contribution < -0.4 is 14.8 Å². The molecule has 0 radical (unpaired) electrons. The average Bonchev–Trinajstić information content (AvgIpc) is 2.98. The molecular weight excluding hydrogens is 637 g/mol. The number of amides is 3. The zero-order valence-corrected chi connectivity index (χ0v) is 26.1. The maximum Gasteiger partial charge on any atom is 0.416 e. The summed E-state index contributed by atoms with van der Waals surface area (Å²) in [6.07, 6.45) is -5.18. The summed E-state index contributed by atoms with van der Waals surface area (Å²) in [6, 6.07) is 12.6. The first-order valence-electron chi connectivity index (χ1n) is 13.8. The van der Waals surface area contributed by atoms with E-state index in [9.17, 15) is 36.3 Å². The van der Waals surface area contributed by atoms with Crippen molar-refractivity contribution >= 4 is 44.9 Å². The third kappa shape index (κ3) is 8.18. The van der Waals surface area contributed by atoms with Crippen molar-refractivity contribution in [2.24, 2.45) is 5.92 Å². The van der Waals surface area contributed by atoms with Crippen LogP contribution in [0.3, 0.4) is 0 Å². The number of likely N-dealkylation sites (N-methyl/N-ethyl adjacent to an activating group) is 1. The minimum Gasteiger partial charge on any atom is -0.487 e. The normalized spacial score (nSPS) is 17.8. The second kappa shape index (κ2) is 13.5. The Kier molecular flexibility index (Phi) is 10.2. The van der Waals surface area contributed by atoms with E-state index in [-0.39, 0.29) is 53.2 Å². The van der Waals surface area contributed by atoms with Crippen molar-refractivity contribution in [3.05, 3.63) is 82.9 Å². The summed E-state index contributed by atoms with van der Waals surface area (Å²) in [5, 5.41) is 12.8. The van der Waals surface area contributed by atoms with E-state index in [0.717, 1.165) is 24.3 Å². The van der Waals surface area contributed by atoms with Crippen molar-refractivity contribution in [2.45, 2.75) is 37.1 Å². The zero-order chi connectivity index (χ0) is 33.1. The summed E-state index contributed by atoms with van der Waals surface area (Å²) in [6.45, 7) is 3.31. The van der Waals surface area contributed by atoms with Gasteiger partial charge < -0.3 is 25.0 Å². The van der Waals surface area contributed by atoms with Gasteiger partial charge >= 0.3 is 12.2 Å². The van der Waals surface area contributed by atoms with Crippen LogP contribution in [0.25, 0.3) is 0 Å². The van der Waals surface area contributed by atoms with Crippen LogP contribution >= 0.6 is 11.6 Å². The van der Waals surface area contributed by atoms with Crippen LogP contribution in [-0.2, 0) is 16.2 Å². The van der Waals surface area contributed by atoms with Gasteiger partial charge in [0, 0.05) is 35.9 Å². The molecule has 0 fully saturated rings. The second-order valence-corrected chi connectivity index (χ2v) is 12.9. The SMILES string of the molecule is C[C@@H]1CN([C@H](C)CO)C(=O)c2cc(NS(=O)(=O)c3ccc(Cl)cc3)ccc2O[C@@H]1CN(C)C(=O)Nc1ccc(C(F)(F)F)cc1. The average molecular weight is 669 g/mol. The number of hydrogen-bond acceptors (Lipinski definition) is 6. The first-order valence-corrected chi connectivity index (χ1v) is 15.7. The predicted molar refractivity (Wildman–Crippen MR) is 163 cm³/mol.